The summed E-state index contributed by atoms with van der Waals surface area (Å²) in [5, 5.41) is 12.7. The van der Waals surface area contributed by atoms with E-state index in [1.807, 2.05) is 0 Å². The first kappa shape index (κ1) is 19.9. The second-order valence-corrected chi connectivity index (χ2v) is 5.95. The lowest BCUT2D eigenvalue weighted by Crippen LogP contribution is -2.19. The van der Waals surface area contributed by atoms with Gasteiger partial charge in [0.2, 0.25) is 5.88 Å². The summed E-state index contributed by atoms with van der Waals surface area (Å²) in [5.41, 5.74) is 6.52. The molecule has 29 heavy (non-hydrogen) atoms. The average Bonchev–Trinajstić information content (AvgIpc) is 3.08. The number of aromatic nitrogens is 3. The molecular weight excluding hydrogens is 402 g/mol. The topological polar surface area (TPSA) is 150 Å². The highest BCUT2D eigenvalue weighted by Crippen LogP contribution is 2.31. The van der Waals surface area contributed by atoms with Crippen molar-refractivity contribution in [3.05, 3.63) is 46.9 Å². The first-order chi connectivity index (χ1) is 14.0. The van der Waals surface area contributed by atoms with Gasteiger partial charge < -0.3 is 25.1 Å². The molecule has 0 unspecified atom stereocenters. The zero-order valence-corrected chi connectivity index (χ0v) is 16.1. The number of carbonyl (C=O) groups excluding carboxylic acids is 1. The number of nitrogens with two attached hydrogens (primary N) is 1. The number of amides is 2. The molecule has 0 aliphatic carbocycles. The highest BCUT2D eigenvalue weighted by molar-refractivity contribution is 6.34. The van der Waals surface area contributed by atoms with E-state index < -0.39 is 6.03 Å². The largest absolute Gasteiger partial charge is 0.438 e. The van der Waals surface area contributed by atoms with Crippen LogP contribution in [0.25, 0.3) is 0 Å². The fraction of sp³-hybridized carbons (Fsp3) is 0.118. The number of carbonyl (C=O) groups is 1. The third-order valence-electron chi connectivity index (χ3n) is 3.44. The average molecular weight is 418 g/mol. The Kier molecular flexibility index (Phi) is 6.09. The number of aryl methyl sites for hydroxylation is 1. The Hall–Kier alpha value is -3.86. The van der Waals surface area contributed by atoms with Gasteiger partial charge in [-0.25, -0.2) is 14.8 Å². The van der Waals surface area contributed by atoms with Gasteiger partial charge in [0.1, 0.15) is 36.3 Å². The van der Waals surface area contributed by atoms with Crippen LogP contribution >= 0.6 is 11.6 Å². The summed E-state index contributed by atoms with van der Waals surface area (Å²) >= 11 is 6.24. The summed E-state index contributed by atoms with van der Waals surface area (Å²) < 4.78 is 10.6. The van der Waals surface area contributed by atoms with Gasteiger partial charge >= 0.3 is 6.03 Å². The molecule has 0 atom stereocenters. The lowest BCUT2D eigenvalue weighted by molar-refractivity contribution is 0.215. The van der Waals surface area contributed by atoms with Gasteiger partial charge in [-0.1, -0.05) is 21.9 Å². The van der Waals surface area contributed by atoms with Gasteiger partial charge in [0.15, 0.2) is 5.82 Å². The standard InChI is InChI=1S/C17H16ClN7O4/c1-9-5-14(25-29-9)24-17(26)23-13-4-3-10(6-12(13)18)28-16-11(7-22-27-2)15(19)20-8-21-16/h3-8H,1-2H3,(H2,19,20,21)(H2,23,24,25,26). The van der Waals surface area contributed by atoms with Crippen molar-refractivity contribution in [2.75, 3.05) is 23.5 Å². The summed E-state index contributed by atoms with van der Waals surface area (Å²) in [6.07, 6.45) is 2.58. The van der Waals surface area contributed by atoms with Gasteiger partial charge in [-0.2, -0.15) is 0 Å². The second-order valence-electron chi connectivity index (χ2n) is 5.54. The lowest BCUT2D eigenvalue weighted by Gasteiger charge is -2.11. The lowest BCUT2D eigenvalue weighted by atomic mass is 10.3. The number of ether oxygens (including phenoxy) is 1. The van der Waals surface area contributed by atoms with E-state index in [-0.39, 0.29) is 22.5 Å². The fourth-order valence-corrected chi connectivity index (χ4v) is 2.39. The maximum atomic E-state index is 12.1. The highest BCUT2D eigenvalue weighted by Gasteiger charge is 2.13. The number of oxime groups is 1. The Balaban J connectivity index is 1.72. The number of nitrogens with one attached hydrogen (secondary N) is 2. The smallest absolute Gasteiger partial charge is 0.324 e. The fourth-order valence-electron chi connectivity index (χ4n) is 2.17. The molecule has 0 aliphatic rings. The Morgan fingerprint density at radius 3 is 2.83 bits per heavy atom. The van der Waals surface area contributed by atoms with Gasteiger partial charge in [0.05, 0.1) is 16.9 Å². The Morgan fingerprint density at radius 2 is 2.14 bits per heavy atom. The van der Waals surface area contributed by atoms with Crippen molar-refractivity contribution in [3.8, 4) is 11.6 Å². The number of anilines is 3. The molecule has 0 fully saturated rings. The van der Waals surface area contributed by atoms with Crippen molar-refractivity contribution in [2.24, 2.45) is 5.16 Å². The van der Waals surface area contributed by atoms with Crippen LogP contribution in [0.3, 0.4) is 0 Å². The van der Waals surface area contributed by atoms with Gasteiger partial charge in [0.25, 0.3) is 0 Å². The Labute approximate surface area is 169 Å². The molecule has 0 saturated heterocycles. The molecule has 3 aromatic rings. The number of hydrogen-bond donors (Lipinski definition) is 3. The quantitative estimate of drug-likeness (QED) is 0.407. The van der Waals surface area contributed by atoms with E-state index in [0.717, 1.165) is 0 Å². The summed E-state index contributed by atoms with van der Waals surface area (Å²) in [6, 6.07) is 5.72. The van der Waals surface area contributed by atoms with Crippen LogP contribution in [0.15, 0.2) is 40.3 Å². The molecule has 3 rings (SSSR count). The molecule has 0 spiro atoms. The molecule has 4 N–H and O–H groups in total. The van der Waals surface area contributed by atoms with Crippen LogP contribution in [0.5, 0.6) is 11.6 Å². The third-order valence-corrected chi connectivity index (χ3v) is 3.75. The molecule has 2 aromatic heterocycles. The number of nitrogen functional groups attached to an aromatic ring is 1. The van der Waals surface area contributed by atoms with Gasteiger partial charge in [-0.05, 0) is 19.1 Å². The summed E-state index contributed by atoms with van der Waals surface area (Å²) in [7, 11) is 1.39. The van der Waals surface area contributed by atoms with Gasteiger partial charge in [-0.3, -0.25) is 5.32 Å². The van der Waals surface area contributed by atoms with E-state index in [0.29, 0.717) is 22.8 Å². The van der Waals surface area contributed by atoms with Crippen LogP contribution in [0.1, 0.15) is 11.3 Å². The zero-order chi connectivity index (χ0) is 20.8. The maximum absolute atomic E-state index is 12.1. The molecule has 0 radical (unpaired) electrons. The molecule has 0 bridgehead atoms. The minimum atomic E-state index is -0.532. The van der Waals surface area contributed by atoms with Crippen LogP contribution in [0.4, 0.5) is 22.1 Å². The van der Waals surface area contributed by atoms with Crippen molar-refractivity contribution >= 4 is 41.2 Å². The molecule has 1 aromatic carbocycles. The SMILES string of the molecule is CON=Cc1c(N)ncnc1Oc1ccc(NC(=O)Nc2cc(C)on2)c(Cl)c1. The molecular formula is C17H16ClN7O4. The Morgan fingerprint density at radius 1 is 1.31 bits per heavy atom. The minimum Gasteiger partial charge on any atom is -0.438 e. The van der Waals surface area contributed by atoms with Crippen LogP contribution < -0.4 is 21.1 Å². The number of rotatable bonds is 6. The predicted molar refractivity (Wildman–Crippen MR) is 106 cm³/mol. The number of nitrogens with zero attached hydrogens (tertiary/aromatic N) is 4. The van der Waals surface area contributed by atoms with E-state index in [2.05, 4.69) is 35.8 Å². The highest BCUT2D eigenvalue weighted by atomic mass is 35.5. The first-order valence-electron chi connectivity index (χ1n) is 8.12. The summed E-state index contributed by atoms with van der Waals surface area (Å²) in [4.78, 5) is 24.6. The predicted octanol–water partition coefficient (Wildman–Crippen LogP) is 3.43. The minimum absolute atomic E-state index is 0.161. The first-order valence-corrected chi connectivity index (χ1v) is 8.49. The van der Waals surface area contributed by atoms with Crippen LogP contribution in [0, 0.1) is 6.92 Å². The molecule has 2 amide bonds. The molecule has 0 aliphatic heterocycles. The summed E-state index contributed by atoms with van der Waals surface area (Å²) in [5.74, 6) is 1.54. The van der Waals surface area contributed by atoms with Crippen molar-refractivity contribution in [3.63, 3.8) is 0 Å². The summed E-state index contributed by atoms with van der Waals surface area (Å²) in [6.45, 7) is 1.71. The van der Waals surface area contributed by atoms with Gasteiger partial charge in [-0.15, -0.1) is 0 Å². The molecule has 0 saturated carbocycles. The number of urea groups is 1. The van der Waals surface area contributed by atoms with E-state index >= 15 is 0 Å². The van der Waals surface area contributed by atoms with E-state index in [1.165, 1.54) is 25.7 Å². The molecule has 12 heteroatoms. The number of hydrogen-bond acceptors (Lipinski definition) is 9. The molecule has 11 nitrogen and oxygen atoms in total. The van der Waals surface area contributed by atoms with Crippen molar-refractivity contribution in [1.29, 1.82) is 0 Å². The number of benzene rings is 1. The van der Waals surface area contributed by atoms with Crippen molar-refractivity contribution < 1.29 is 18.9 Å². The van der Waals surface area contributed by atoms with Crippen LogP contribution in [-0.4, -0.2) is 34.5 Å². The van der Waals surface area contributed by atoms with Crippen molar-refractivity contribution in [2.45, 2.75) is 6.92 Å². The zero-order valence-electron chi connectivity index (χ0n) is 15.3. The van der Waals surface area contributed by atoms with E-state index in [1.54, 1.807) is 25.1 Å². The molecule has 150 valence electrons. The third kappa shape index (κ3) is 5.11. The number of halogens is 1. The van der Waals surface area contributed by atoms with Crippen molar-refractivity contribution in [1.82, 2.24) is 15.1 Å². The maximum Gasteiger partial charge on any atom is 0.324 e. The monoisotopic (exact) mass is 417 g/mol. The van der Waals surface area contributed by atoms with E-state index in [4.69, 9.17) is 26.6 Å². The normalized spacial score (nSPS) is 10.7. The Bertz CT molecular complexity index is 1050. The van der Waals surface area contributed by atoms with E-state index in [9.17, 15) is 4.79 Å². The van der Waals surface area contributed by atoms with Crippen LogP contribution in [-0.2, 0) is 4.84 Å². The van der Waals surface area contributed by atoms with Crippen LogP contribution in [0.2, 0.25) is 5.02 Å². The molecule has 2 heterocycles. The van der Waals surface area contributed by atoms with Gasteiger partial charge in [0, 0.05) is 12.1 Å². The second kappa shape index (κ2) is 8.89.